The van der Waals surface area contributed by atoms with Crippen molar-refractivity contribution < 1.29 is 4.42 Å². The highest BCUT2D eigenvalue weighted by Gasteiger charge is 2.15. The first kappa shape index (κ1) is 13.7. The van der Waals surface area contributed by atoms with Gasteiger partial charge < -0.3 is 9.73 Å². The first-order valence-corrected chi connectivity index (χ1v) is 7.58. The number of furan rings is 1. The monoisotopic (exact) mass is 249 g/mol. The van der Waals surface area contributed by atoms with Gasteiger partial charge in [0, 0.05) is 12.5 Å². The molecule has 1 unspecified atom stereocenters. The van der Waals surface area contributed by atoms with Crippen LogP contribution in [0.3, 0.4) is 0 Å². The first-order chi connectivity index (χ1) is 8.88. The second kappa shape index (κ2) is 7.63. The third-order valence-corrected chi connectivity index (χ3v) is 4.38. The zero-order valence-electron chi connectivity index (χ0n) is 11.7. The molecular weight excluding hydrogens is 222 g/mol. The van der Waals surface area contributed by atoms with Gasteiger partial charge in [-0.1, -0.05) is 32.1 Å². The van der Waals surface area contributed by atoms with Crippen LogP contribution in [0.5, 0.6) is 0 Å². The standard InChI is InChI=1S/C16H27NO/c1-17-15(11-12-16-8-5-13-18-16)10-9-14-6-3-2-4-7-14/h5,8,13-15,17H,2-4,6-7,9-12H2,1H3. The summed E-state index contributed by atoms with van der Waals surface area (Å²) >= 11 is 0. The van der Waals surface area contributed by atoms with E-state index in [4.69, 9.17) is 4.42 Å². The van der Waals surface area contributed by atoms with Crippen molar-refractivity contribution in [2.24, 2.45) is 5.92 Å². The Labute approximate surface area is 111 Å². The van der Waals surface area contributed by atoms with Gasteiger partial charge in [0.1, 0.15) is 5.76 Å². The third-order valence-electron chi connectivity index (χ3n) is 4.38. The molecule has 0 radical (unpaired) electrons. The van der Waals surface area contributed by atoms with Crippen LogP contribution in [-0.2, 0) is 6.42 Å². The summed E-state index contributed by atoms with van der Waals surface area (Å²) in [5, 5.41) is 3.46. The van der Waals surface area contributed by atoms with Crippen LogP contribution in [0.1, 0.15) is 57.1 Å². The number of rotatable bonds is 7. The smallest absolute Gasteiger partial charge is 0.103 e. The van der Waals surface area contributed by atoms with Crippen LogP contribution in [0.15, 0.2) is 22.8 Å². The molecule has 1 saturated carbocycles. The van der Waals surface area contributed by atoms with E-state index in [1.807, 2.05) is 6.07 Å². The van der Waals surface area contributed by atoms with Gasteiger partial charge in [-0.15, -0.1) is 0 Å². The molecule has 1 aromatic heterocycles. The molecule has 2 nitrogen and oxygen atoms in total. The molecule has 1 heterocycles. The van der Waals surface area contributed by atoms with E-state index in [0.717, 1.165) is 18.1 Å². The Morgan fingerprint density at radius 1 is 1.28 bits per heavy atom. The van der Waals surface area contributed by atoms with E-state index in [-0.39, 0.29) is 0 Å². The van der Waals surface area contributed by atoms with Gasteiger partial charge in [0.05, 0.1) is 6.26 Å². The van der Waals surface area contributed by atoms with Crippen molar-refractivity contribution in [1.82, 2.24) is 5.32 Å². The summed E-state index contributed by atoms with van der Waals surface area (Å²) in [5.74, 6) is 2.12. The van der Waals surface area contributed by atoms with Gasteiger partial charge in [-0.25, -0.2) is 0 Å². The Hall–Kier alpha value is -0.760. The minimum atomic E-state index is 0.650. The fraction of sp³-hybridized carbons (Fsp3) is 0.750. The summed E-state index contributed by atoms with van der Waals surface area (Å²) in [6.07, 6.45) is 14.1. The molecule has 0 aliphatic heterocycles. The van der Waals surface area contributed by atoms with Crippen molar-refractivity contribution in [3.63, 3.8) is 0 Å². The van der Waals surface area contributed by atoms with Gasteiger partial charge in [-0.3, -0.25) is 0 Å². The van der Waals surface area contributed by atoms with Gasteiger partial charge in [0.25, 0.3) is 0 Å². The number of hydrogen-bond acceptors (Lipinski definition) is 2. The highest BCUT2D eigenvalue weighted by molar-refractivity contribution is 4.98. The molecule has 1 fully saturated rings. The average Bonchev–Trinajstić information content (AvgIpc) is 2.93. The van der Waals surface area contributed by atoms with E-state index in [9.17, 15) is 0 Å². The third kappa shape index (κ3) is 4.49. The molecule has 18 heavy (non-hydrogen) atoms. The molecule has 102 valence electrons. The molecule has 2 rings (SSSR count). The van der Waals surface area contributed by atoms with E-state index in [1.54, 1.807) is 6.26 Å². The fourth-order valence-corrected chi connectivity index (χ4v) is 3.12. The highest BCUT2D eigenvalue weighted by Crippen LogP contribution is 2.28. The van der Waals surface area contributed by atoms with Gasteiger partial charge in [0.15, 0.2) is 0 Å². The summed E-state index contributed by atoms with van der Waals surface area (Å²) in [4.78, 5) is 0. The van der Waals surface area contributed by atoms with Gasteiger partial charge in [0.2, 0.25) is 0 Å². The van der Waals surface area contributed by atoms with Crippen LogP contribution in [0.2, 0.25) is 0 Å². The average molecular weight is 249 g/mol. The molecule has 1 atom stereocenters. The quantitative estimate of drug-likeness (QED) is 0.785. The van der Waals surface area contributed by atoms with Gasteiger partial charge in [-0.2, -0.15) is 0 Å². The molecule has 0 amide bonds. The summed E-state index contributed by atoms with van der Waals surface area (Å²) in [7, 11) is 2.09. The lowest BCUT2D eigenvalue weighted by Gasteiger charge is -2.24. The lowest BCUT2D eigenvalue weighted by Crippen LogP contribution is -2.26. The molecular formula is C16H27NO. The molecule has 0 saturated heterocycles. The molecule has 1 N–H and O–H groups in total. The maximum absolute atomic E-state index is 5.40. The lowest BCUT2D eigenvalue weighted by atomic mass is 9.85. The summed E-state index contributed by atoms with van der Waals surface area (Å²) < 4.78 is 5.40. The van der Waals surface area contributed by atoms with E-state index < -0.39 is 0 Å². The normalized spacial score (nSPS) is 18.9. The topological polar surface area (TPSA) is 25.2 Å². The van der Waals surface area contributed by atoms with Gasteiger partial charge in [-0.05, 0) is 44.4 Å². The molecule has 2 heteroatoms. The van der Waals surface area contributed by atoms with Gasteiger partial charge >= 0.3 is 0 Å². The second-order valence-electron chi connectivity index (χ2n) is 5.69. The fourth-order valence-electron chi connectivity index (χ4n) is 3.12. The maximum Gasteiger partial charge on any atom is 0.103 e. The molecule has 1 aliphatic rings. The Kier molecular flexibility index (Phi) is 5.79. The van der Waals surface area contributed by atoms with E-state index >= 15 is 0 Å². The Morgan fingerprint density at radius 2 is 2.11 bits per heavy atom. The van der Waals surface area contributed by atoms with Crippen LogP contribution < -0.4 is 5.32 Å². The van der Waals surface area contributed by atoms with Crippen LogP contribution in [-0.4, -0.2) is 13.1 Å². The SMILES string of the molecule is CNC(CCc1ccco1)CCC1CCCCC1. The van der Waals surface area contributed by atoms with E-state index in [2.05, 4.69) is 18.4 Å². The van der Waals surface area contributed by atoms with E-state index in [0.29, 0.717) is 6.04 Å². The second-order valence-corrected chi connectivity index (χ2v) is 5.69. The van der Waals surface area contributed by atoms with Crippen LogP contribution >= 0.6 is 0 Å². The minimum absolute atomic E-state index is 0.650. The largest absolute Gasteiger partial charge is 0.469 e. The van der Waals surface area contributed by atoms with Crippen molar-refractivity contribution >= 4 is 0 Å². The molecule has 1 aromatic rings. The summed E-state index contributed by atoms with van der Waals surface area (Å²) in [6.45, 7) is 0. The lowest BCUT2D eigenvalue weighted by molar-refractivity contribution is 0.311. The van der Waals surface area contributed by atoms with Crippen molar-refractivity contribution in [1.29, 1.82) is 0 Å². The van der Waals surface area contributed by atoms with Crippen LogP contribution in [0.4, 0.5) is 0 Å². The van der Waals surface area contributed by atoms with Crippen molar-refractivity contribution in [2.75, 3.05) is 7.05 Å². The molecule has 0 spiro atoms. The zero-order valence-corrected chi connectivity index (χ0v) is 11.7. The molecule has 0 bridgehead atoms. The zero-order chi connectivity index (χ0) is 12.6. The van der Waals surface area contributed by atoms with Crippen molar-refractivity contribution in [3.8, 4) is 0 Å². The highest BCUT2D eigenvalue weighted by atomic mass is 16.3. The number of nitrogens with one attached hydrogen (secondary N) is 1. The molecule has 1 aliphatic carbocycles. The van der Waals surface area contributed by atoms with Crippen molar-refractivity contribution in [3.05, 3.63) is 24.2 Å². The Morgan fingerprint density at radius 3 is 2.78 bits per heavy atom. The number of aryl methyl sites for hydroxylation is 1. The number of hydrogen-bond donors (Lipinski definition) is 1. The molecule has 0 aromatic carbocycles. The minimum Gasteiger partial charge on any atom is -0.469 e. The summed E-state index contributed by atoms with van der Waals surface area (Å²) in [5.41, 5.74) is 0. The van der Waals surface area contributed by atoms with Crippen LogP contribution in [0.25, 0.3) is 0 Å². The van der Waals surface area contributed by atoms with E-state index in [1.165, 1.54) is 51.4 Å². The van der Waals surface area contributed by atoms with Crippen LogP contribution in [0, 0.1) is 5.92 Å². The predicted molar refractivity (Wildman–Crippen MR) is 75.7 cm³/mol. The first-order valence-electron chi connectivity index (χ1n) is 7.58. The Bertz CT molecular complexity index is 301. The maximum atomic E-state index is 5.40. The summed E-state index contributed by atoms with van der Waals surface area (Å²) in [6, 6.07) is 4.71. The Balaban J connectivity index is 1.65. The predicted octanol–water partition coefficient (Wildman–Crippen LogP) is 4.16. The van der Waals surface area contributed by atoms with Crippen molar-refractivity contribution in [2.45, 2.75) is 63.8 Å².